The second-order valence-electron chi connectivity index (χ2n) is 4.91. The van der Waals surface area contributed by atoms with E-state index in [0.29, 0.717) is 22.6 Å². The topological polar surface area (TPSA) is 58.6 Å². The molecule has 0 radical (unpaired) electrons. The minimum absolute atomic E-state index is 0. The molecule has 0 aliphatic carbocycles. The molecule has 1 saturated heterocycles. The summed E-state index contributed by atoms with van der Waals surface area (Å²) in [5.41, 5.74) is 0. The molecule has 0 spiro atoms. The molecule has 126 valence electrons. The summed E-state index contributed by atoms with van der Waals surface area (Å²) in [6.45, 7) is 0.958. The van der Waals surface area contributed by atoms with Gasteiger partial charge in [0.25, 0.3) is 0 Å². The minimum Gasteiger partial charge on any atom is -0.494 e. The molecule has 0 saturated carbocycles. The zero-order valence-corrected chi connectivity index (χ0v) is 16.3. The fourth-order valence-electron chi connectivity index (χ4n) is 2.46. The lowest BCUT2D eigenvalue weighted by Gasteiger charge is -2.32. The van der Waals surface area contributed by atoms with Crippen LogP contribution in [0.4, 0.5) is 0 Å². The molecule has 1 heterocycles. The van der Waals surface area contributed by atoms with Crippen LogP contribution in [0.25, 0.3) is 0 Å². The molecule has 1 aliphatic heterocycles. The third kappa shape index (κ3) is 4.07. The molecule has 2 rings (SSSR count). The molecule has 1 aromatic rings. The van der Waals surface area contributed by atoms with E-state index in [1.165, 1.54) is 17.5 Å². The van der Waals surface area contributed by atoms with E-state index >= 15 is 0 Å². The van der Waals surface area contributed by atoms with Gasteiger partial charge in [0.05, 0.1) is 11.6 Å². The quantitative estimate of drug-likeness (QED) is 0.792. The lowest BCUT2D eigenvalue weighted by molar-refractivity contribution is 0.291. The molecule has 1 aliphatic rings. The molecule has 0 bridgehead atoms. The monoisotopic (exact) mass is 432 g/mol. The van der Waals surface area contributed by atoms with Gasteiger partial charge in [0.15, 0.2) is 5.75 Å². The number of rotatable bonds is 4. The highest BCUT2D eigenvalue weighted by atomic mass is 79.9. The van der Waals surface area contributed by atoms with Crippen LogP contribution in [-0.4, -0.2) is 46.0 Å². The van der Waals surface area contributed by atoms with Crippen molar-refractivity contribution in [3.05, 3.63) is 21.6 Å². The molecule has 1 unspecified atom stereocenters. The van der Waals surface area contributed by atoms with E-state index in [2.05, 4.69) is 21.2 Å². The average Bonchev–Trinajstić information content (AvgIpc) is 2.46. The van der Waals surface area contributed by atoms with E-state index in [0.717, 1.165) is 12.8 Å². The van der Waals surface area contributed by atoms with E-state index < -0.39 is 10.0 Å². The normalized spacial score (nSPS) is 19.5. The summed E-state index contributed by atoms with van der Waals surface area (Å²) in [5.74, 6) is 0.283. The number of nitrogens with zero attached hydrogens (tertiary/aromatic N) is 1. The first-order valence-electron chi connectivity index (χ1n) is 6.60. The van der Waals surface area contributed by atoms with Crippen molar-refractivity contribution in [1.82, 2.24) is 9.62 Å². The van der Waals surface area contributed by atoms with E-state index in [9.17, 15) is 8.42 Å². The maximum atomic E-state index is 12.9. The third-order valence-corrected chi connectivity index (χ3v) is 6.27. The number of sulfonamides is 1. The van der Waals surface area contributed by atoms with Gasteiger partial charge in [0.2, 0.25) is 10.0 Å². The van der Waals surface area contributed by atoms with Crippen molar-refractivity contribution in [2.75, 3.05) is 27.2 Å². The van der Waals surface area contributed by atoms with Crippen LogP contribution in [0.15, 0.2) is 21.5 Å². The fourth-order valence-corrected chi connectivity index (χ4v) is 5.36. The molecule has 22 heavy (non-hydrogen) atoms. The number of likely N-dealkylation sites (N-methyl/N-ethyl adjacent to an activating group) is 1. The van der Waals surface area contributed by atoms with Crippen LogP contribution in [-0.2, 0) is 10.0 Å². The van der Waals surface area contributed by atoms with Gasteiger partial charge in [-0.3, -0.25) is 0 Å². The Balaban J connectivity index is 0.00000242. The molecule has 1 aromatic carbocycles. The van der Waals surface area contributed by atoms with Crippen molar-refractivity contribution >= 4 is 50.0 Å². The maximum absolute atomic E-state index is 12.9. The molecule has 1 N–H and O–H groups in total. The van der Waals surface area contributed by atoms with Gasteiger partial charge < -0.3 is 10.1 Å². The molecule has 1 fully saturated rings. The molecule has 0 aromatic heterocycles. The summed E-state index contributed by atoms with van der Waals surface area (Å²) in [6, 6.07) is 3.22. The Morgan fingerprint density at radius 3 is 2.73 bits per heavy atom. The summed E-state index contributed by atoms with van der Waals surface area (Å²) in [6.07, 6.45) is 1.80. The Hall–Kier alpha value is -0.0500. The standard InChI is InChI=1S/C13H18BrClN2O3S.ClH/c1-16-10-4-3-5-17(8-10)21(18,19)12-7-9(15)6-11(14)13(12)20-2;/h6-7,10,16H,3-5,8H2,1-2H3;1H. The Bertz CT molecular complexity index is 628. The molecule has 9 heteroatoms. The minimum atomic E-state index is -3.64. The summed E-state index contributed by atoms with van der Waals surface area (Å²) >= 11 is 9.29. The number of benzene rings is 1. The van der Waals surface area contributed by atoms with E-state index in [-0.39, 0.29) is 29.1 Å². The largest absolute Gasteiger partial charge is 0.494 e. The van der Waals surface area contributed by atoms with Gasteiger partial charge >= 0.3 is 0 Å². The SMILES string of the molecule is CNC1CCCN(S(=O)(=O)c2cc(Cl)cc(Br)c2OC)C1.Cl. The number of ether oxygens (including phenoxy) is 1. The Morgan fingerprint density at radius 1 is 1.45 bits per heavy atom. The predicted octanol–water partition coefficient (Wildman–Crippen LogP) is 2.91. The first kappa shape index (κ1) is 20.0. The van der Waals surface area contributed by atoms with Gasteiger partial charge in [0.1, 0.15) is 4.90 Å². The van der Waals surface area contributed by atoms with Crippen molar-refractivity contribution in [1.29, 1.82) is 0 Å². The summed E-state index contributed by atoms with van der Waals surface area (Å²) in [5, 5.41) is 3.49. The van der Waals surface area contributed by atoms with Crippen molar-refractivity contribution in [2.24, 2.45) is 0 Å². The Kier molecular flexibility index (Phi) is 7.42. The average molecular weight is 434 g/mol. The zero-order chi connectivity index (χ0) is 15.6. The summed E-state index contributed by atoms with van der Waals surface area (Å²) in [7, 11) is -0.350. The second kappa shape index (κ2) is 8.17. The zero-order valence-electron chi connectivity index (χ0n) is 12.3. The van der Waals surface area contributed by atoms with Crippen LogP contribution in [0.1, 0.15) is 12.8 Å². The van der Waals surface area contributed by atoms with Crippen molar-refractivity contribution < 1.29 is 13.2 Å². The molecule has 5 nitrogen and oxygen atoms in total. The fraction of sp³-hybridized carbons (Fsp3) is 0.538. The molecular formula is C13H19BrCl2N2O3S. The number of halogens is 3. The van der Waals surface area contributed by atoms with E-state index in [1.54, 1.807) is 6.07 Å². The predicted molar refractivity (Wildman–Crippen MR) is 93.8 cm³/mol. The Morgan fingerprint density at radius 2 is 2.14 bits per heavy atom. The van der Waals surface area contributed by atoms with Crippen molar-refractivity contribution in [3.8, 4) is 5.75 Å². The van der Waals surface area contributed by atoms with Crippen LogP contribution in [0.2, 0.25) is 5.02 Å². The van der Waals surface area contributed by atoms with E-state index in [1.807, 2.05) is 7.05 Å². The number of methoxy groups -OCH3 is 1. The number of hydrogen-bond donors (Lipinski definition) is 1. The third-order valence-electron chi connectivity index (χ3n) is 3.59. The van der Waals surface area contributed by atoms with Gasteiger partial charge in [-0.1, -0.05) is 11.6 Å². The number of nitrogens with one attached hydrogen (secondary N) is 1. The number of piperidine rings is 1. The van der Waals surface area contributed by atoms with Gasteiger partial charge in [-0.2, -0.15) is 4.31 Å². The lowest BCUT2D eigenvalue weighted by Crippen LogP contribution is -2.46. The highest BCUT2D eigenvalue weighted by molar-refractivity contribution is 9.10. The number of hydrogen-bond acceptors (Lipinski definition) is 4. The van der Waals surface area contributed by atoms with Crippen LogP contribution in [0.5, 0.6) is 5.75 Å². The van der Waals surface area contributed by atoms with Gasteiger partial charge in [-0.15, -0.1) is 12.4 Å². The van der Waals surface area contributed by atoms with E-state index in [4.69, 9.17) is 16.3 Å². The smallest absolute Gasteiger partial charge is 0.246 e. The highest BCUT2D eigenvalue weighted by Crippen LogP contribution is 2.37. The lowest BCUT2D eigenvalue weighted by atomic mass is 10.1. The highest BCUT2D eigenvalue weighted by Gasteiger charge is 2.32. The van der Waals surface area contributed by atoms with Crippen molar-refractivity contribution in [3.63, 3.8) is 0 Å². The van der Waals surface area contributed by atoms with Crippen LogP contribution < -0.4 is 10.1 Å². The first-order valence-corrected chi connectivity index (χ1v) is 9.21. The maximum Gasteiger partial charge on any atom is 0.246 e. The molecule has 0 amide bonds. The van der Waals surface area contributed by atoms with Crippen molar-refractivity contribution in [2.45, 2.75) is 23.8 Å². The molecular weight excluding hydrogens is 415 g/mol. The second-order valence-corrected chi connectivity index (χ2v) is 8.11. The van der Waals surface area contributed by atoms with Gasteiger partial charge in [0, 0.05) is 24.2 Å². The van der Waals surface area contributed by atoms with Crippen LogP contribution in [0.3, 0.4) is 0 Å². The first-order chi connectivity index (χ1) is 9.90. The summed E-state index contributed by atoms with van der Waals surface area (Å²) < 4.78 is 33.0. The van der Waals surface area contributed by atoms with Crippen LogP contribution >= 0.6 is 39.9 Å². The Labute approximate surface area is 150 Å². The molecule has 1 atom stereocenters. The van der Waals surface area contributed by atoms with Gasteiger partial charge in [-0.05, 0) is 48.0 Å². The summed E-state index contributed by atoms with van der Waals surface area (Å²) in [4.78, 5) is 0.0983. The van der Waals surface area contributed by atoms with Crippen LogP contribution in [0, 0.1) is 0 Å². The van der Waals surface area contributed by atoms with Gasteiger partial charge in [-0.25, -0.2) is 8.42 Å².